The number of hydrogen-bond donors (Lipinski definition) is 0. The summed E-state index contributed by atoms with van der Waals surface area (Å²) in [6.07, 6.45) is 1.44. The van der Waals surface area contributed by atoms with Crippen molar-refractivity contribution in [3.63, 3.8) is 0 Å². The van der Waals surface area contributed by atoms with Crippen LogP contribution < -0.4 is 4.90 Å². The van der Waals surface area contributed by atoms with E-state index in [9.17, 15) is 10.1 Å². The van der Waals surface area contributed by atoms with Gasteiger partial charge < -0.3 is 4.90 Å². The minimum absolute atomic E-state index is 0.0989. The topological polar surface area (TPSA) is 44.1 Å². The van der Waals surface area contributed by atoms with Crippen LogP contribution in [-0.2, 0) is 4.79 Å². The molecule has 0 spiro atoms. The van der Waals surface area contributed by atoms with Gasteiger partial charge in [-0.2, -0.15) is 5.26 Å². The normalized spacial score (nSPS) is 11.9. The van der Waals surface area contributed by atoms with E-state index in [4.69, 9.17) is 0 Å². The lowest BCUT2D eigenvalue weighted by atomic mass is 10.0. The molecular weight excluding hydrogens is 260 g/mol. The summed E-state index contributed by atoms with van der Waals surface area (Å²) in [7, 11) is 0. The predicted molar refractivity (Wildman–Crippen MR) is 86.0 cm³/mol. The summed E-state index contributed by atoms with van der Waals surface area (Å²) in [6, 6.07) is 16.1. The van der Waals surface area contributed by atoms with E-state index in [0.717, 1.165) is 22.9 Å². The molecule has 108 valence electrons. The van der Waals surface area contributed by atoms with Gasteiger partial charge in [-0.1, -0.05) is 49.7 Å². The Morgan fingerprint density at radius 3 is 2.57 bits per heavy atom. The molecular formula is C18H20N2O. The summed E-state index contributed by atoms with van der Waals surface area (Å²) < 4.78 is 0. The summed E-state index contributed by atoms with van der Waals surface area (Å²) >= 11 is 0. The van der Waals surface area contributed by atoms with E-state index in [2.05, 4.69) is 6.07 Å². The van der Waals surface area contributed by atoms with E-state index in [1.165, 1.54) is 0 Å². The number of carbonyl (C=O) groups excluding carboxylic acids is 1. The van der Waals surface area contributed by atoms with Gasteiger partial charge in [0.05, 0.1) is 11.8 Å². The van der Waals surface area contributed by atoms with Gasteiger partial charge in [-0.15, -0.1) is 0 Å². The molecule has 0 heterocycles. The van der Waals surface area contributed by atoms with Crippen LogP contribution in [0.4, 0.5) is 5.69 Å². The van der Waals surface area contributed by atoms with Crippen molar-refractivity contribution < 1.29 is 4.79 Å². The van der Waals surface area contributed by atoms with Gasteiger partial charge in [0, 0.05) is 11.9 Å². The van der Waals surface area contributed by atoms with E-state index in [1.807, 2.05) is 56.3 Å². The minimum Gasteiger partial charge on any atom is -0.311 e. The fourth-order valence-corrected chi connectivity index (χ4v) is 2.61. The van der Waals surface area contributed by atoms with Crippen LogP contribution in [0.1, 0.15) is 26.7 Å². The first-order chi connectivity index (χ1) is 10.2. The van der Waals surface area contributed by atoms with Gasteiger partial charge in [-0.3, -0.25) is 4.79 Å². The number of nitrogens with zero attached hydrogens (tertiary/aromatic N) is 2. The predicted octanol–water partition coefficient (Wildman–Crippen LogP) is 4.13. The van der Waals surface area contributed by atoms with Gasteiger partial charge >= 0.3 is 0 Å². The molecule has 0 N–H and O–H groups in total. The third-order valence-corrected chi connectivity index (χ3v) is 3.67. The Bertz CT molecular complexity index is 667. The Morgan fingerprint density at radius 1 is 1.19 bits per heavy atom. The Kier molecular flexibility index (Phi) is 4.94. The molecule has 2 aromatic rings. The molecule has 1 atom stereocenters. The van der Waals surface area contributed by atoms with Crippen LogP contribution in [0.3, 0.4) is 0 Å². The molecule has 0 saturated heterocycles. The first-order valence-corrected chi connectivity index (χ1v) is 7.41. The molecule has 21 heavy (non-hydrogen) atoms. The first-order valence-electron chi connectivity index (χ1n) is 7.41. The van der Waals surface area contributed by atoms with Gasteiger partial charge in [-0.25, -0.2) is 0 Å². The van der Waals surface area contributed by atoms with Crippen molar-refractivity contribution in [2.24, 2.45) is 5.92 Å². The Balaban J connectivity index is 2.45. The van der Waals surface area contributed by atoms with E-state index < -0.39 is 5.92 Å². The van der Waals surface area contributed by atoms with Crippen LogP contribution in [0.15, 0.2) is 42.5 Å². The van der Waals surface area contributed by atoms with E-state index >= 15 is 0 Å². The molecule has 2 rings (SSSR count). The largest absolute Gasteiger partial charge is 0.311 e. The Morgan fingerprint density at radius 2 is 1.90 bits per heavy atom. The molecule has 3 nitrogen and oxygen atoms in total. The summed E-state index contributed by atoms with van der Waals surface area (Å²) in [4.78, 5) is 14.4. The van der Waals surface area contributed by atoms with Crippen LogP contribution in [0, 0.1) is 17.2 Å². The standard InChI is InChI=1S/C18H20N2O/c1-3-8-15(13-19)18(21)20(4-2)17-12-7-10-14-9-5-6-11-16(14)17/h5-7,9-12,15H,3-4,8H2,1-2H3. The summed E-state index contributed by atoms with van der Waals surface area (Å²) in [5, 5.41) is 11.4. The van der Waals surface area contributed by atoms with Crippen LogP contribution in [0.2, 0.25) is 0 Å². The number of anilines is 1. The van der Waals surface area contributed by atoms with Crippen LogP contribution in [-0.4, -0.2) is 12.5 Å². The lowest BCUT2D eigenvalue weighted by Crippen LogP contribution is -2.35. The average molecular weight is 280 g/mol. The highest BCUT2D eigenvalue weighted by molar-refractivity contribution is 6.05. The quantitative estimate of drug-likeness (QED) is 0.826. The molecule has 0 radical (unpaired) electrons. The summed E-state index contributed by atoms with van der Waals surface area (Å²) in [6.45, 7) is 4.50. The van der Waals surface area contributed by atoms with Crippen molar-refractivity contribution >= 4 is 22.4 Å². The number of benzene rings is 2. The molecule has 2 aromatic carbocycles. The third kappa shape index (κ3) is 3.05. The molecule has 0 aliphatic rings. The molecule has 0 aliphatic carbocycles. The monoisotopic (exact) mass is 280 g/mol. The lowest BCUT2D eigenvalue weighted by molar-refractivity contribution is -0.120. The van der Waals surface area contributed by atoms with E-state index in [1.54, 1.807) is 4.90 Å². The zero-order valence-electron chi connectivity index (χ0n) is 12.5. The third-order valence-electron chi connectivity index (χ3n) is 3.67. The Hall–Kier alpha value is -2.34. The fourth-order valence-electron chi connectivity index (χ4n) is 2.61. The smallest absolute Gasteiger partial charge is 0.244 e. The summed E-state index contributed by atoms with van der Waals surface area (Å²) in [5.41, 5.74) is 0.886. The van der Waals surface area contributed by atoms with Gasteiger partial charge in [0.2, 0.25) is 5.91 Å². The molecule has 0 aromatic heterocycles. The van der Waals surface area contributed by atoms with Crippen LogP contribution >= 0.6 is 0 Å². The second-order valence-electron chi connectivity index (χ2n) is 5.05. The number of hydrogen-bond acceptors (Lipinski definition) is 2. The van der Waals surface area contributed by atoms with Gasteiger partial charge in [0.15, 0.2) is 0 Å². The maximum Gasteiger partial charge on any atom is 0.244 e. The molecule has 0 fully saturated rings. The highest BCUT2D eigenvalue weighted by Crippen LogP contribution is 2.28. The fraction of sp³-hybridized carbons (Fsp3) is 0.333. The maximum absolute atomic E-state index is 12.6. The molecule has 1 amide bonds. The van der Waals surface area contributed by atoms with Crippen molar-refractivity contribution in [3.05, 3.63) is 42.5 Å². The van der Waals surface area contributed by atoms with Crippen molar-refractivity contribution in [1.82, 2.24) is 0 Å². The number of rotatable bonds is 5. The van der Waals surface area contributed by atoms with E-state index in [-0.39, 0.29) is 5.91 Å². The minimum atomic E-state index is -0.561. The number of nitriles is 1. The lowest BCUT2D eigenvalue weighted by Gasteiger charge is -2.24. The number of amides is 1. The van der Waals surface area contributed by atoms with Crippen molar-refractivity contribution in [2.45, 2.75) is 26.7 Å². The van der Waals surface area contributed by atoms with Crippen molar-refractivity contribution in [2.75, 3.05) is 11.4 Å². The molecule has 0 saturated carbocycles. The molecule has 1 unspecified atom stereocenters. The van der Waals surface area contributed by atoms with Crippen molar-refractivity contribution in [1.29, 1.82) is 5.26 Å². The van der Waals surface area contributed by atoms with Crippen LogP contribution in [0.25, 0.3) is 10.8 Å². The summed E-state index contributed by atoms with van der Waals surface area (Å²) in [5.74, 6) is -0.660. The number of carbonyl (C=O) groups is 1. The van der Waals surface area contributed by atoms with Gasteiger partial charge in [0.25, 0.3) is 0 Å². The molecule has 0 aliphatic heterocycles. The van der Waals surface area contributed by atoms with Crippen molar-refractivity contribution in [3.8, 4) is 6.07 Å². The first kappa shape index (κ1) is 15.1. The second-order valence-corrected chi connectivity index (χ2v) is 5.05. The molecule has 0 bridgehead atoms. The maximum atomic E-state index is 12.6. The average Bonchev–Trinajstić information content (AvgIpc) is 2.53. The van der Waals surface area contributed by atoms with Gasteiger partial charge in [-0.05, 0) is 24.8 Å². The zero-order valence-corrected chi connectivity index (χ0v) is 12.5. The highest BCUT2D eigenvalue weighted by atomic mass is 16.2. The zero-order chi connectivity index (χ0) is 15.2. The Labute approximate surface area is 125 Å². The number of fused-ring (bicyclic) bond motifs is 1. The van der Waals surface area contributed by atoms with Gasteiger partial charge in [0.1, 0.15) is 5.92 Å². The highest BCUT2D eigenvalue weighted by Gasteiger charge is 2.24. The molecule has 3 heteroatoms. The van der Waals surface area contributed by atoms with Crippen LogP contribution in [0.5, 0.6) is 0 Å². The van der Waals surface area contributed by atoms with E-state index in [0.29, 0.717) is 13.0 Å². The second kappa shape index (κ2) is 6.90. The SMILES string of the molecule is CCCC(C#N)C(=O)N(CC)c1cccc2ccccc12.